The number of ether oxygens (including phenoxy) is 3. The first-order chi connectivity index (χ1) is 17.1. The third-order valence-electron chi connectivity index (χ3n) is 6.47. The maximum Gasteiger partial charge on any atom is 0.286 e. The molecule has 0 saturated carbocycles. The molecule has 2 aromatic carbocycles. The van der Waals surface area contributed by atoms with Crippen LogP contribution in [0.1, 0.15) is 36.8 Å². The summed E-state index contributed by atoms with van der Waals surface area (Å²) >= 11 is 0. The molecule has 0 saturated heterocycles. The summed E-state index contributed by atoms with van der Waals surface area (Å²) in [7, 11) is 1.65. The van der Waals surface area contributed by atoms with Gasteiger partial charge in [-0.2, -0.15) is 0 Å². The number of amides is 1. The number of aromatic nitrogens is 1. The van der Waals surface area contributed by atoms with Crippen LogP contribution >= 0.6 is 0 Å². The van der Waals surface area contributed by atoms with Gasteiger partial charge in [-0.25, -0.2) is 0 Å². The monoisotopic (exact) mass is 478 g/mol. The quantitative estimate of drug-likeness (QED) is 0.382. The molecule has 0 aliphatic carbocycles. The van der Waals surface area contributed by atoms with E-state index in [2.05, 4.69) is 22.4 Å². The van der Waals surface area contributed by atoms with E-state index in [9.17, 15) is 9.90 Å². The predicted molar refractivity (Wildman–Crippen MR) is 135 cm³/mol. The van der Waals surface area contributed by atoms with Crippen molar-refractivity contribution in [3.8, 4) is 5.75 Å². The molecule has 1 aliphatic rings. The maximum absolute atomic E-state index is 13.1. The van der Waals surface area contributed by atoms with Crippen LogP contribution in [0.2, 0.25) is 0 Å². The summed E-state index contributed by atoms with van der Waals surface area (Å²) in [6.07, 6.45) is 5.36. The van der Waals surface area contributed by atoms with Crippen molar-refractivity contribution in [2.24, 2.45) is 5.92 Å². The molecule has 186 valence electrons. The van der Waals surface area contributed by atoms with Gasteiger partial charge in [0.05, 0.1) is 7.11 Å². The van der Waals surface area contributed by atoms with Gasteiger partial charge < -0.3 is 29.6 Å². The molecule has 0 spiro atoms. The fourth-order valence-corrected chi connectivity index (χ4v) is 4.71. The first-order valence-corrected chi connectivity index (χ1v) is 12.2. The number of rotatable bonds is 11. The number of nitrogens with one attached hydrogen (secondary N) is 2. The van der Waals surface area contributed by atoms with E-state index in [0.717, 1.165) is 34.2 Å². The van der Waals surface area contributed by atoms with Crippen molar-refractivity contribution in [2.75, 3.05) is 26.9 Å². The lowest BCUT2D eigenvalue weighted by atomic mass is 9.80. The van der Waals surface area contributed by atoms with Crippen molar-refractivity contribution in [1.82, 2.24) is 10.3 Å². The first-order valence-electron chi connectivity index (χ1n) is 12.2. The lowest BCUT2D eigenvalue weighted by Gasteiger charge is -2.37. The van der Waals surface area contributed by atoms with Crippen molar-refractivity contribution in [1.29, 1.82) is 0 Å². The Hall–Kier alpha value is -3.29. The Morgan fingerprint density at radius 2 is 2.03 bits per heavy atom. The smallest absolute Gasteiger partial charge is 0.286 e. The molecule has 3 N–H and O–H groups in total. The van der Waals surface area contributed by atoms with E-state index in [-0.39, 0.29) is 30.1 Å². The zero-order valence-electron chi connectivity index (χ0n) is 20.3. The Morgan fingerprint density at radius 3 is 2.77 bits per heavy atom. The van der Waals surface area contributed by atoms with Gasteiger partial charge in [0, 0.05) is 48.7 Å². The number of aliphatic hydroxyl groups excluding tert-OH is 1. The average molecular weight is 479 g/mol. The number of fused-ring (bicyclic) bond motifs is 1. The van der Waals surface area contributed by atoms with Gasteiger partial charge in [-0.1, -0.05) is 30.3 Å². The molecule has 1 aliphatic heterocycles. The lowest BCUT2D eigenvalue weighted by molar-refractivity contribution is -0.166. The van der Waals surface area contributed by atoms with Crippen molar-refractivity contribution in [3.63, 3.8) is 0 Å². The van der Waals surface area contributed by atoms with Crippen molar-refractivity contribution in [3.05, 3.63) is 77.7 Å². The van der Waals surface area contributed by atoms with E-state index >= 15 is 0 Å². The second kappa shape index (κ2) is 11.9. The molecule has 35 heavy (non-hydrogen) atoms. The summed E-state index contributed by atoms with van der Waals surface area (Å²) in [5.74, 6) is 0.775. The number of aromatic amines is 1. The zero-order valence-corrected chi connectivity index (χ0v) is 20.3. The lowest BCUT2D eigenvalue weighted by Crippen LogP contribution is -2.39. The minimum absolute atomic E-state index is 0.00208. The van der Waals surface area contributed by atoms with E-state index in [4.69, 9.17) is 14.2 Å². The Bertz CT molecular complexity index is 1140. The Kier molecular flexibility index (Phi) is 8.45. The molecule has 0 fully saturated rings. The molecule has 1 amide bonds. The predicted octanol–water partition coefficient (Wildman–Crippen LogP) is 4.28. The van der Waals surface area contributed by atoms with Crippen LogP contribution in [0.4, 0.5) is 0 Å². The molecule has 0 unspecified atom stereocenters. The number of methoxy groups -OCH3 is 1. The molecule has 4 rings (SSSR count). The Labute approximate surface area is 206 Å². The Balaban J connectivity index is 1.49. The molecule has 7 nitrogen and oxygen atoms in total. The standard InChI is InChI=1S/C28H34N2O5/c1-3-34-28-22(10-7-15-31)23(19-8-5-4-6-9-19)17-26(35-28)27(32)29-14-13-20-18-30-25-12-11-21(33-2)16-24(20)25/h4-6,8-9,11-12,16-18,22-23,28,30-31H,3,7,10,13-15H2,1-2H3,(H,29,32)/t22-,23-,28-/m0/s1. The van der Waals surface area contributed by atoms with Crippen LogP contribution in [0.15, 0.2) is 66.6 Å². The third-order valence-corrected chi connectivity index (χ3v) is 6.47. The number of carbonyl (C=O) groups excluding carboxylic acids is 1. The molecule has 0 radical (unpaired) electrons. The SMILES string of the molecule is CCO[C@H]1OC(C(=O)NCCc2c[nH]c3ccc(OC)cc23)=C[C@@H](c2ccccc2)[C@@H]1CCCO. The molecule has 0 bridgehead atoms. The second-order valence-corrected chi connectivity index (χ2v) is 8.67. The van der Waals surface area contributed by atoms with E-state index < -0.39 is 6.29 Å². The van der Waals surface area contributed by atoms with E-state index in [1.54, 1.807) is 7.11 Å². The van der Waals surface area contributed by atoms with Crippen LogP contribution in [0.25, 0.3) is 10.9 Å². The van der Waals surface area contributed by atoms with Crippen LogP contribution in [-0.4, -0.2) is 49.2 Å². The number of allylic oxidation sites excluding steroid dienone is 1. The molecule has 1 aromatic heterocycles. The second-order valence-electron chi connectivity index (χ2n) is 8.67. The highest BCUT2D eigenvalue weighted by Crippen LogP contribution is 2.39. The zero-order chi connectivity index (χ0) is 24.6. The van der Waals surface area contributed by atoms with Crippen LogP contribution in [0.3, 0.4) is 0 Å². The van der Waals surface area contributed by atoms with Gasteiger partial charge in [0.2, 0.25) is 6.29 Å². The number of hydrogen-bond donors (Lipinski definition) is 3. The normalized spacial score (nSPS) is 19.7. The topological polar surface area (TPSA) is 92.8 Å². The number of H-pyrrole nitrogens is 1. The molecule has 7 heteroatoms. The van der Waals surface area contributed by atoms with Crippen LogP contribution in [-0.2, 0) is 20.7 Å². The number of aliphatic hydroxyl groups is 1. The number of benzene rings is 2. The van der Waals surface area contributed by atoms with Gasteiger partial charge in [-0.15, -0.1) is 0 Å². The average Bonchev–Trinajstić information content (AvgIpc) is 3.30. The Morgan fingerprint density at radius 1 is 1.20 bits per heavy atom. The molecule has 2 heterocycles. The van der Waals surface area contributed by atoms with Crippen LogP contribution in [0, 0.1) is 5.92 Å². The van der Waals surface area contributed by atoms with E-state index in [1.165, 1.54) is 0 Å². The van der Waals surface area contributed by atoms with Crippen molar-refractivity contribution in [2.45, 2.75) is 38.4 Å². The maximum atomic E-state index is 13.1. The minimum atomic E-state index is -0.552. The number of hydrogen-bond acceptors (Lipinski definition) is 5. The molecular weight excluding hydrogens is 444 g/mol. The fraction of sp³-hybridized carbons (Fsp3) is 0.393. The van der Waals surface area contributed by atoms with Crippen LogP contribution < -0.4 is 10.1 Å². The summed E-state index contributed by atoms with van der Waals surface area (Å²) in [6, 6.07) is 16.0. The fourth-order valence-electron chi connectivity index (χ4n) is 4.71. The minimum Gasteiger partial charge on any atom is -0.497 e. The summed E-state index contributed by atoms with van der Waals surface area (Å²) in [4.78, 5) is 16.4. The summed E-state index contributed by atoms with van der Waals surface area (Å²) in [5, 5.41) is 13.5. The molecular formula is C28H34N2O5. The molecule has 3 atom stereocenters. The van der Waals surface area contributed by atoms with E-state index in [0.29, 0.717) is 26.0 Å². The van der Waals surface area contributed by atoms with Gasteiger partial charge >= 0.3 is 0 Å². The summed E-state index contributed by atoms with van der Waals surface area (Å²) in [6.45, 7) is 2.96. The largest absolute Gasteiger partial charge is 0.497 e. The summed E-state index contributed by atoms with van der Waals surface area (Å²) < 4.78 is 17.3. The highest BCUT2D eigenvalue weighted by molar-refractivity contribution is 5.92. The number of carbonyl (C=O) groups is 1. The summed E-state index contributed by atoms with van der Waals surface area (Å²) in [5.41, 5.74) is 3.24. The van der Waals surface area contributed by atoms with Crippen molar-refractivity contribution < 1.29 is 24.1 Å². The van der Waals surface area contributed by atoms with Gasteiger partial charge in [-0.05, 0) is 61.6 Å². The van der Waals surface area contributed by atoms with E-state index in [1.807, 2.05) is 55.6 Å². The van der Waals surface area contributed by atoms with Gasteiger partial charge in [0.1, 0.15) is 5.75 Å². The van der Waals surface area contributed by atoms with Gasteiger partial charge in [0.15, 0.2) is 5.76 Å². The highest BCUT2D eigenvalue weighted by Gasteiger charge is 2.37. The van der Waals surface area contributed by atoms with Gasteiger partial charge in [0.25, 0.3) is 5.91 Å². The third kappa shape index (κ3) is 5.86. The van der Waals surface area contributed by atoms with Crippen molar-refractivity contribution >= 4 is 16.8 Å². The van der Waals surface area contributed by atoms with Crippen LogP contribution in [0.5, 0.6) is 5.75 Å². The highest BCUT2D eigenvalue weighted by atomic mass is 16.7. The molecule has 3 aromatic rings. The van der Waals surface area contributed by atoms with Gasteiger partial charge in [-0.3, -0.25) is 4.79 Å². The first kappa shape index (κ1) is 24.8.